The molecule has 0 spiro atoms. The van der Waals surface area contributed by atoms with Gasteiger partial charge in [0.15, 0.2) is 12.6 Å². The largest absolute Gasteiger partial charge is 0.353 e. The van der Waals surface area contributed by atoms with Crippen molar-refractivity contribution >= 4 is 0 Å². The highest BCUT2D eigenvalue weighted by Gasteiger charge is 2.15. The zero-order chi connectivity index (χ0) is 24.7. The fraction of sp³-hybridized carbons (Fsp3) is 0.818. The quantitative estimate of drug-likeness (QED) is 0.160. The molecule has 12 heteroatoms. The molecule has 0 radical (unpaired) electrons. The zero-order valence-electron chi connectivity index (χ0n) is 20.1. The summed E-state index contributed by atoms with van der Waals surface area (Å²) in [6.07, 6.45) is 15.1. The molecule has 0 saturated carbocycles. The van der Waals surface area contributed by atoms with Crippen LogP contribution in [0.5, 0.6) is 0 Å². The third-order valence-corrected chi connectivity index (χ3v) is 4.75. The first-order chi connectivity index (χ1) is 16.7. The Labute approximate surface area is 202 Å². The van der Waals surface area contributed by atoms with Crippen molar-refractivity contribution in [2.24, 2.45) is 16.6 Å². The Kier molecular flexibility index (Phi) is 18.7. The van der Waals surface area contributed by atoms with Gasteiger partial charge in [-0.1, -0.05) is 16.2 Å². The Balaban J connectivity index is 0.000000289. The topological polar surface area (TPSA) is 168 Å². The first-order valence-electron chi connectivity index (χ1n) is 11.9. The maximum atomic E-state index is 7.71. The maximum Gasteiger partial charge on any atom is 0.158 e. The van der Waals surface area contributed by atoms with Crippen LogP contribution in [0, 0.1) is 12.3 Å². The van der Waals surface area contributed by atoms with Crippen molar-refractivity contribution in [1.29, 1.82) is 0 Å². The van der Waals surface area contributed by atoms with Crippen molar-refractivity contribution in [3.8, 4) is 12.3 Å². The molecule has 34 heavy (non-hydrogen) atoms. The molecule has 0 aliphatic carbocycles. The van der Waals surface area contributed by atoms with Crippen LogP contribution in [0.25, 0.3) is 10.4 Å². The van der Waals surface area contributed by atoms with Gasteiger partial charge in [-0.25, -0.2) is 0 Å². The second kappa shape index (κ2) is 21.3. The summed E-state index contributed by atoms with van der Waals surface area (Å²) in [5.74, 6) is 2.41. The molecule has 4 N–H and O–H groups in total. The minimum atomic E-state index is -0.0714. The van der Waals surface area contributed by atoms with E-state index in [-0.39, 0.29) is 12.6 Å². The van der Waals surface area contributed by atoms with E-state index in [0.29, 0.717) is 32.8 Å². The van der Waals surface area contributed by atoms with E-state index in [1.54, 1.807) is 4.68 Å². The molecule has 1 aromatic heterocycles. The number of hydrogen-bond acceptors (Lipinski definition) is 9. The summed E-state index contributed by atoms with van der Waals surface area (Å²) in [5, 5.41) is 11.3. The van der Waals surface area contributed by atoms with E-state index in [2.05, 4.69) is 26.3 Å². The van der Waals surface area contributed by atoms with E-state index in [9.17, 15) is 0 Å². The molecule has 0 amide bonds. The number of azide groups is 1. The molecule has 2 aliphatic heterocycles. The molecule has 0 aromatic carbocycles. The van der Waals surface area contributed by atoms with E-state index in [0.717, 1.165) is 64.0 Å². The van der Waals surface area contributed by atoms with Crippen LogP contribution >= 0.6 is 0 Å². The van der Waals surface area contributed by atoms with Crippen LogP contribution in [-0.4, -0.2) is 67.0 Å². The second-order valence-corrected chi connectivity index (χ2v) is 7.63. The van der Waals surface area contributed by atoms with Crippen molar-refractivity contribution in [2.75, 3.05) is 39.5 Å². The van der Waals surface area contributed by atoms with Crippen LogP contribution in [0.3, 0.4) is 0 Å². The highest BCUT2D eigenvalue weighted by Crippen LogP contribution is 2.15. The van der Waals surface area contributed by atoms with E-state index in [1.807, 2.05) is 6.20 Å². The molecule has 0 bridgehead atoms. The average molecular weight is 481 g/mol. The Morgan fingerprint density at radius 1 is 1.12 bits per heavy atom. The van der Waals surface area contributed by atoms with Gasteiger partial charge in [0, 0.05) is 31.2 Å². The van der Waals surface area contributed by atoms with Crippen LogP contribution < -0.4 is 11.5 Å². The highest BCUT2D eigenvalue weighted by atomic mass is 16.7. The molecule has 2 unspecified atom stereocenters. The zero-order valence-corrected chi connectivity index (χ0v) is 20.1. The second-order valence-electron chi connectivity index (χ2n) is 7.63. The lowest BCUT2D eigenvalue weighted by Gasteiger charge is -2.22. The molecule has 2 aliphatic rings. The van der Waals surface area contributed by atoms with Gasteiger partial charge in [-0.3, -0.25) is 4.68 Å². The number of terminal acetylenes is 1. The van der Waals surface area contributed by atoms with E-state index in [1.165, 1.54) is 12.8 Å². The molecular weight excluding hydrogens is 440 g/mol. The lowest BCUT2D eigenvalue weighted by atomic mass is 10.2. The number of ether oxygens (including phenoxy) is 4. The summed E-state index contributed by atoms with van der Waals surface area (Å²) in [6.45, 7) is 5.04. The van der Waals surface area contributed by atoms with Gasteiger partial charge >= 0.3 is 0 Å². The lowest BCUT2D eigenvalue weighted by Crippen LogP contribution is -2.22. The number of nitrogens with two attached hydrogens (primary N) is 2. The van der Waals surface area contributed by atoms with Gasteiger partial charge in [0.1, 0.15) is 12.3 Å². The molecule has 1 aromatic rings. The first kappa shape index (κ1) is 29.8. The molecule has 192 valence electrons. The van der Waals surface area contributed by atoms with Gasteiger partial charge in [0.25, 0.3) is 0 Å². The van der Waals surface area contributed by atoms with Crippen LogP contribution in [0.15, 0.2) is 11.3 Å². The third kappa shape index (κ3) is 15.6. The molecule has 2 atom stereocenters. The van der Waals surface area contributed by atoms with Crippen LogP contribution in [-0.2, 0) is 32.1 Å². The molecule has 12 nitrogen and oxygen atoms in total. The standard InChI is InChI=1S/C11H20N4O2.C8H12O2.C3H8N4/c12-5-3-6-15-8-10(13-14-15)9-17-11-4-1-2-7-16-11;1-2-6-9-8-5-3-4-7-10-8;4-2-1-3-6-7-5/h8,11H,1-7,9,12H2;1,8H,3-7H2;1-4H2. The van der Waals surface area contributed by atoms with Crippen LogP contribution in [0.4, 0.5) is 0 Å². The van der Waals surface area contributed by atoms with Gasteiger partial charge in [-0.15, -0.1) is 11.5 Å². The van der Waals surface area contributed by atoms with Crippen molar-refractivity contribution < 1.29 is 18.9 Å². The summed E-state index contributed by atoms with van der Waals surface area (Å²) in [5.41, 5.74) is 19.1. The Hall–Kier alpha value is -2.23. The summed E-state index contributed by atoms with van der Waals surface area (Å²) in [4.78, 5) is 2.54. The van der Waals surface area contributed by atoms with Gasteiger partial charge in [0.05, 0.1) is 12.8 Å². The predicted molar refractivity (Wildman–Crippen MR) is 128 cm³/mol. The predicted octanol–water partition coefficient (Wildman–Crippen LogP) is 2.48. The summed E-state index contributed by atoms with van der Waals surface area (Å²) in [6, 6.07) is 0. The highest BCUT2D eigenvalue weighted by molar-refractivity contribution is 4.89. The van der Waals surface area contributed by atoms with Crippen molar-refractivity contribution in [2.45, 2.75) is 77.1 Å². The number of hydrogen-bond donors (Lipinski definition) is 2. The smallest absolute Gasteiger partial charge is 0.158 e. The molecule has 2 fully saturated rings. The minimum absolute atomic E-state index is 0.0372. The number of aryl methyl sites for hydroxylation is 1. The fourth-order valence-electron chi connectivity index (χ4n) is 2.98. The summed E-state index contributed by atoms with van der Waals surface area (Å²) in [7, 11) is 0. The number of aromatic nitrogens is 3. The first-order valence-corrected chi connectivity index (χ1v) is 11.9. The van der Waals surface area contributed by atoms with Gasteiger partial charge in [-0.2, -0.15) is 0 Å². The molecule has 3 rings (SSSR count). The fourth-order valence-corrected chi connectivity index (χ4v) is 2.98. The maximum absolute atomic E-state index is 7.71. The van der Waals surface area contributed by atoms with E-state index >= 15 is 0 Å². The van der Waals surface area contributed by atoms with Crippen LogP contribution in [0.2, 0.25) is 0 Å². The molecule has 3 heterocycles. The van der Waals surface area contributed by atoms with E-state index < -0.39 is 0 Å². The molecule has 2 saturated heterocycles. The Morgan fingerprint density at radius 2 is 1.79 bits per heavy atom. The Morgan fingerprint density at radius 3 is 2.35 bits per heavy atom. The monoisotopic (exact) mass is 480 g/mol. The van der Waals surface area contributed by atoms with Crippen LogP contribution in [0.1, 0.15) is 57.1 Å². The minimum Gasteiger partial charge on any atom is -0.353 e. The SMILES string of the molecule is C#CCOC1CCCCO1.NCCCn1cc(COC2CCCCO2)nn1.[N-]=[N+]=NCCCN. The summed E-state index contributed by atoms with van der Waals surface area (Å²) >= 11 is 0. The molecular formula is C22H40N8O4. The number of rotatable bonds is 11. The summed E-state index contributed by atoms with van der Waals surface area (Å²) < 4.78 is 23.3. The van der Waals surface area contributed by atoms with Crippen molar-refractivity contribution in [3.05, 3.63) is 22.3 Å². The van der Waals surface area contributed by atoms with Gasteiger partial charge in [0.2, 0.25) is 0 Å². The number of nitrogens with zero attached hydrogens (tertiary/aromatic N) is 6. The van der Waals surface area contributed by atoms with E-state index in [4.69, 9.17) is 42.4 Å². The van der Waals surface area contributed by atoms with Gasteiger partial charge in [-0.05, 0) is 70.0 Å². The van der Waals surface area contributed by atoms with Crippen molar-refractivity contribution in [3.63, 3.8) is 0 Å². The van der Waals surface area contributed by atoms with Crippen molar-refractivity contribution in [1.82, 2.24) is 15.0 Å². The normalized spacial score (nSPS) is 19.4. The lowest BCUT2D eigenvalue weighted by molar-refractivity contribution is -0.169. The third-order valence-electron chi connectivity index (χ3n) is 4.75. The Bertz CT molecular complexity index is 693. The van der Waals surface area contributed by atoms with Gasteiger partial charge < -0.3 is 30.4 Å². The average Bonchev–Trinajstić information content (AvgIpc) is 3.35.